The molecule has 0 saturated carbocycles. The van der Waals surface area contributed by atoms with E-state index in [0.29, 0.717) is 5.69 Å². The molecule has 0 saturated heterocycles. The molecule has 152 valence electrons. The van der Waals surface area contributed by atoms with Crippen LogP contribution in [-0.4, -0.2) is 15.8 Å². The molecule has 0 radical (unpaired) electrons. The van der Waals surface area contributed by atoms with E-state index in [2.05, 4.69) is 23.2 Å². The number of carbonyl (C=O) groups excluding carboxylic acids is 1. The number of alkyl halides is 3. The van der Waals surface area contributed by atoms with Crippen molar-refractivity contribution < 1.29 is 18.0 Å². The Balaban J connectivity index is 1.83. The number of halogens is 5. The third kappa shape index (κ3) is 4.80. The monoisotopic (exact) mass is 460 g/mol. The lowest BCUT2D eigenvalue weighted by Crippen LogP contribution is -2.34. The normalized spacial score (nSPS) is 11.4. The lowest BCUT2D eigenvalue weighted by Gasteiger charge is -2.18. The Morgan fingerprint density at radius 1 is 1.14 bits per heavy atom. The molecule has 0 aliphatic heterocycles. The number of rotatable bonds is 4. The molecular weight excluding hydrogens is 448 g/mol. The highest BCUT2D eigenvalue weighted by Gasteiger charge is 2.35. The first-order chi connectivity index (χ1) is 13.7. The number of hydrogen-bond donors (Lipinski definition) is 2. The first-order valence-corrected chi connectivity index (χ1v) is 9.26. The molecular formula is C18H13Cl2F3N4OS. The van der Waals surface area contributed by atoms with E-state index in [-0.39, 0.29) is 28.0 Å². The summed E-state index contributed by atoms with van der Waals surface area (Å²) in [6.07, 6.45) is -4.62. The van der Waals surface area contributed by atoms with Gasteiger partial charge in [-0.25, -0.2) is 13.8 Å². The van der Waals surface area contributed by atoms with Crippen molar-refractivity contribution in [3.05, 3.63) is 76.0 Å². The summed E-state index contributed by atoms with van der Waals surface area (Å²) in [7, 11) is 0. The van der Waals surface area contributed by atoms with Gasteiger partial charge >= 0.3 is 12.2 Å². The fourth-order valence-electron chi connectivity index (χ4n) is 2.48. The second kappa shape index (κ2) is 8.56. The molecule has 0 unspecified atom stereocenters. The summed E-state index contributed by atoms with van der Waals surface area (Å²) in [5.41, 5.74) is -0.276. The molecule has 3 aromatic rings. The minimum absolute atomic E-state index is 0.119. The van der Waals surface area contributed by atoms with Gasteiger partial charge in [0.1, 0.15) is 0 Å². The van der Waals surface area contributed by atoms with Gasteiger partial charge in [-0.15, -0.1) is 0 Å². The highest BCUT2D eigenvalue weighted by Crippen LogP contribution is 2.33. The molecule has 1 heterocycles. The van der Waals surface area contributed by atoms with Crippen molar-refractivity contribution in [2.45, 2.75) is 12.7 Å². The number of para-hydroxylation sites is 1. The van der Waals surface area contributed by atoms with Gasteiger partial charge in [-0.3, -0.25) is 0 Å². The predicted octanol–water partition coefficient (Wildman–Crippen LogP) is 5.76. The quantitative estimate of drug-likeness (QED) is 0.486. The van der Waals surface area contributed by atoms with Gasteiger partial charge in [-0.05, 0) is 30.3 Å². The summed E-state index contributed by atoms with van der Waals surface area (Å²) < 4.78 is 41.4. The van der Waals surface area contributed by atoms with Gasteiger partial charge in [0.2, 0.25) is 0 Å². The molecule has 2 aromatic carbocycles. The molecule has 0 fully saturated rings. The standard InChI is InChI=1S/C18H13Cl2F3N4OS/c19-13-7-4-8-14(16(13)20)27(29)17(28)24-10-12-9-15(18(21,22)23)25-26(12)11-5-2-1-3-6-11/h1-9,29H,10H2,(H,24,28). The van der Waals surface area contributed by atoms with Gasteiger partial charge < -0.3 is 5.32 Å². The van der Waals surface area contributed by atoms with E-state index in [1.54, 1.807) is 42.5 Å². The minimum Gasteiger partial charge on any atom is -0.331 e. The molecule has 5 nitrogen and oxygen atoms in total. The third-order valence-electron chi connectivity index (χ3n) is 3.85. The van der Waals surface area contributed by atoms with Crippen LogP contribution >= 0.6 is 36.0 Å². The summed E-state index contributed by atoms with van der Waals surface area (Å²) in [5, 5.41) is 6.48. The third-order valence-corrected chi connectivity index (χ3v) is 5.05. The largest absolute Gasteiger partial charge is 0.435 e. The Morgan fingerprint density at radius 2 is 1.83 bits per heavy atom. The number of carbonyl (C=O) groups is 1. The second-order valence-corrected chi connectivity index (χ2v) is 6.99. The van der Waals surface area contributed by atoms with E-state index in [9.17, 15) is 18.0 Å². The van der Waals surface area contributed by atoms with Crippen molar-refractivity contribution >= 4 is 47.7 Å². The molecule has 0 aliphatic carbocycles. The van der Waals surface area contributed by atoms with E-state index in [0.717, 1.165) is 15.1 Å². The van der Waals surface area contributed by atoms with E-state index in [1.807, 2.05) is 0 Å². The van der Waals surface area contributed by atoms with Crippen LogP contribution in [0.5, 0.6) is 0 Å². The number of nitrogens with zero attached hydrogens (tertiary/aromatic N) is 3. The summed E-state index contributed by atoms with van der Waals surface area (Å²) in [4.78, 5) is 12.4. The Labute approximate surface area is 179 Å². The van der Waals surface area contributed by atoms with Crippen LogP contribution < -0.4 is 9.62 Å². The lowest BCUT2D eigenvalue weighted by atomic mass is 10.3. The predicted molar refractivity (Wildman–Crippen MR) is 109 cm³/mol. The Kier molecular flexibility index (Phi) is 6.30. The number of anilines is 1. The van der Waals surface area contributed by atoms with Crippen molar-refractivity contribution in [2.24, 2.45) is 0 Å². The Hall–Kier alpha value is -2.36. The van der Waals surface area contributed by atoms with Crippen molar-refractivity contribution in [1.82, 2.24) is 15.1 Å². The first-order valence-electron chi connectivity index (χ1n) is 8.11. The molecule has 11 heteroatoms. The van der Waals surface area contributed by atoms with Gasteiger partial charge in [0.05, 0.1) is 33.7 Å². The molecule has 1 aromatic heterocycles. The summed E-state index contributed by atoms with van der Waals surface area (Å²) in [5.74, 6) is 0. The number of benzene rings is 2. The highest BCUT2D eigenvalue weighted by molar-refractivity contribution is 7.82. The lowest BCUT2D eigenvalue weighted by molar-refractivity contribution is -0.141. The van der Waals surface area contributed by atoms with Crippen LogP contribution in [0.3, 0.4) is 0 Å². The Morgan fingerprint density at radius 3 is 2.48 bits per heavy atom. The van der Waals surface area contributed by atoms with Gasteiger partial charge in [0, 0.05) is 0 Å². The summed E-state index contributed by atoms with van der Waals surface area (Å²) in [6.45, 7) is -0.230. The number of urea groups is 1. The zero-order valence-electron chi connectivity index (χ0n) is 14.5. The maximum atomic E-state index is 13.1. The molecule has 2 amide bonds. The SMILES string of the molecule is O=C(NCc1cc(C(F)(F)F)nn1-c1ccccc1)N(S)c1cccc(Cl)c1Cl. The second-order valence-electron chi connectivity index (χ2n) is 5.81. The van der Waals surface area contributed by atoms with Crippen LogP contribution in [0, 0.1) is 0 Å². The average Bonchev–Trinajstić information content (AvgIpc) is 3.13. The summed E-state index contributed by atoms with van der Waals surface area (Å²) >= 11 is 16.1. The average molecular weight is 461 g/mol. The first kappa shape index (κ1) is 21.4. The van der Waals surface area contributed by atoms with Crippen LogP contribution in [0.2, 0.25) is 10.0 Å². The van der Waals surface area contributed by atoms with Crippen molar-refractivity contribution in [3.63, 3.8) is 0 Å². The van der Waals surface area contributed by atoms with E-state index in [1.165, 1.54) is 6.07 Å². The zero-order valence-corrected chi connectivity index (χ0v) is 16.9. The van der Waals surface area contributed by atoms with Crippen molar-refractivity contribution in [3.8, 4) is 5.69 Å². The topological polar surface area (TPSA) is 50.2 Å². The van der Waals surface area contributed by atoms with Gasteiger partial charge in [0.25, 0.3) is 0 Å². The zero-order chi connectivity index (χ0) is 21.2. The van der Waals surface area contributed by atoms with Crippen LogP contribution in [0.1, 0.15) is 11.4 Å². The van der Waals surface area contributed by atoms with E-state index >= 15 is 0 Å². The molecule has 0 spiro atoms. The number of thiol groups is 1. The van der Waals surface area contributed by atoms with Crippen LogP contribution in [0.15, 0.2) is 54.6 Å². The van der Waals surface area contributed by atoms with Crippen LogP contribution in [0.4, 0.5) is 23.7 Å². The molecule has 29 heavy (non-hydrogen) atoms. The fourth-order valence-corrected chi connectivity index (χ4v) is 3.16. The molecule has 0 aliphatic rings. The fraction of sp³-hybridized carbons (Fsp3) is 0.111. The number of nitrogens with one attached hydrogen (secondary N) is 1. The maximum absolute atomic E-state index is 13.1. The Bertz CT molecular complexity index is 1030. The molecule has 0 atom stereocenters. The van der Waals surface area contributed by atoms with E-state index < -0.39 is 17.9 Å². The number of hydrogen-bond acceptors (Lipinski definition) is 3. The molecule has 3 rings (SSSR count). The van der Waals surface area contributed by atoms with E-state index in [4.69, 9.17) is 23.2 Å². The highest BCUT2D eigenvalue weighted by atomic mass is 35.5. The van der Waals surface area contributed by atoms with Gasteiger partial charge in [-0.1, -0.05) is 60.3 Å². The number of aromatic nitrogens is 2. The smallest absolute Gasteiger partial charge is 0.331 e. The van der Waals surface area contributed by atoms with Crippen LogP contribution in [-0.2, 0) is 12.7 Å². The number of amides is 2. The molecule has 0 bridgehead atoms. The summed E-state index contributed by atoms with van der Waals surface area (Å²) in [6, 6.07) is 13.1. The van der Waals surface area contributed by atoms with Gasteiger partial charge in [-0.2, -0.15) is 18.3 Å². The minimum atomic E-state index is -4.62. The molecule has 1 N–H and O–H groups in total. The van der Waals surface area contributed by atoms with Crippen molar-refractivity contribution in [1.29, 1.82) is 0 Å². The van der Waals surface area contributed by atoms with Crippen molar-refractivity contribution in [2.75, 3.05) is 4.31 Å². The maximum Gasteiger partial charge on any atom is 0.435 e. The van der Waals surface area contributed by atoms with Gasteiger partial charge in [0.15, 0.2) is 5.69 Å². The van der Waals surface area contributed by atoms with Crippen LogP contribution in [0.25, 0.3) is 5.69 Å².